The number of aliphatic hydroxyl groups excluding tert-OH is 1. The Morgan fingerprint density at radius 2 is 2.00 bits per heavy atom. The Kier molecular flexibility index (Phi) is 4.49. The molecule has 0 fully saturated rings. The molecule has 3 aromatic rings. The lowest BCUT2D eigenvalue weighted by Gasteiger charge is -2.09. The predicted octanol–water partition coefficient (Wildman–Crippen LogP) is 2.08. The van der Waals surface area contributed by atoms with Gasteiger partial charge in [0, 0.05) is 22.8 Å². The van der Waals surface area contributed by atoms with Crippen LogP contribution in [0.5, 0.6) is 0 Å². The van der Waals surface area contributed by atoms with Gasteiger partial charge in [-0.25, -0.2) is 13.4 Å². The Bertz CT molecular complexity index is 1040. The summed E-state index contributed by atoms with van der Waals surface area (Å²) in [5.74, 6) is 0. The molecule has 0 saturated heterocycles. The van der Waals surface area contributed by atoms with Crippen LogP contribution in [0.1, 0.15) is 11.3 Å². The molecule has 0 atom stereocenters. The highest BCUT2D eigenvalue weighted by Crippen LogP contribution is 2.28. The van der Waals surface area contributed by atoms with E-state index in [2.05, 4.69) is 14.8 Å². The number of hydrogen-bond donors (Lipinski definition) is 2. The molecule has 0 bridgehead atoms. The normalized spacial score (nSPS) is 11.8. The summed E-state index contributed by atoms with van der Waals surface area (Å²) in [6.45, 7) is 4.34. The Labute approximate surface area is 146 Å². The topological polar surface area (TPSA) is 97.1 Å². The second kappa shape index (κ2) is 6.45. The molecule has 2 N–H and O–H groups in total. The lowest BCUT2D eigenvalue weighted by atomic mass is 10.1. The summed E-state index contributed by atoms with van der Waals surface area (Å²) in [5, 5.41) is 14.3. The second-order valence-electron chi connectivity index (χ2n) is 6.05. The van der Waals surface area contributed by atoms with Crippen LogP contribution < -0.4 is 4.72 Å². The van der Waals surface area contributed by atoms with Gasteiger partial charge in [-0.2, -0.15) is 5.10 Å². The summed E-state index contributed by atoms with van der Waals surface area (Å²) in [7, 11) is -3.32. The Morgan fingerprint density at radius 1 is 1.24 bits per heavy atom. The van der Waals surface area contributed by atoms with Crippen LogP contribution in [0, 0.1) is 13.8 Å². The van der Waals surface area contributed by atoms with Crippen LogP contribution in [0.4, 0.5) is 5.69 Å². The molecule has 2 heterocycles. The molecule has 0 unspecified atom stereocenters. The second-order valence-corrected chi connectivity index (χ2v) is 7.79. The van der Waals surface area contributed by atoms with E-state index in [0.29, 0.717) is 12.2 Å². The van der Waals surface area contributed by atoms with Crippen molar-refractivity contribution in [1.82, 2.24) is 14.8 Å². The van der Waals surface area contributed by atoms with Crippen LogP contribution in [-0.2, 0) is 16.6 Å². The molecule has 0 saturated carbocycles. The number of fused-ring (bicyclic) bond motifs is 1. The van der Waals surface area contributed by atoms with E-state index in [4.69, 9.17) is 5.11 Å². The zero-order valence-electron chi connectivity index (χ0n) is 14.3. The molecule has 8 heteroatoms. The van der Waals surface area contributed by atoms with E-state index in [-0.39, 0.29) is 6.61 Å². The molecule has 25 heavy (non-hydrogen) atoms. The SMILES string of the molecule is Cc1nn(CCO)cc1-c1cc(C)c2cc(NS(C)(=O)=O)ccc2n1. The summed E-state index contributed by atoms with van der Waals surface area (Å²) in [5.41, 5.74) is 4.84. The largest absolute Gasteiger partial charge is 0.394 e. The molecule has 2 aromatic heterocycles. The van der Waals surface area contributed by atoms with Crippen molar-refractivity contribution >= 4 is 26.6 Å². The molecule has 132 valence electrons. The van der Waals surface area contributed by atoms with Gasteiger partial charge in [-0.3, -0.25) is 9.40 Å². The smallest absolute Gasteiger partial charge is 0.229 e. The van der Waals surface area contributed by atoms with E-state index in [1.807, 2.05) is 26.1 Å². The number of rotatable bonds is 5. The number of hydrogen-bond acceptors (Lipinski definition) is 5. The van der Waals surface area contributed by atoms with Gasteiger partial charge in [-0.15, -0.1) is 0 Å². The van der Waals surface area contributed by atoms with Crippen LogP contribution in [0.2, 0.25) is 0 Å². The number of anilines is 1. The maximum Gasteiger partial charge on any atom is 0.229 e. The average molecular weight is 360 g/mol. The van der Waals surface area contributed by atoms with Gasteiger partial charge in [0.1, 0.15) is 0 Å². The van der Waals surface area contributed by atoms with Crippen molar-refractivity contribution in [3.05, 3.63) is 41.7 Å². The van der Waals surface area contributed by atoms with E-state index < -0.39 is 10.0 Å². The molecule has 0 aliphatic rings. The number of benzene rings is 1. The van der Waals surface area contributed by atoms with Crippen molar-refractivity contribution < 1.29 is 13.5 Å². The Balaban J connectivity index is 2.06. The third-order valence-corrected chi connectivity index (χ3v) is 4.48. The van der Waals surface area contributed by atoms with Gasteiger partial charge in [-0.1, -0.05) is 0 Å². The molecule has 7 nitrogen and oxygen atoms in total. The Hall–Kier alpha value is -2.45. The lowest BCUT2D eigenvalue weighted by Crippen LogP contribution is -2.09. The van der Waals surface area contributed by atoms with Gasteiger partial charge >= 0.3 is 0 Å². The highest BCUT2D eigenvalue weighted by molar-refractivity contribution is 7.92. The first-order valence-corrected chi connectivity index (χ1v) is 9.70. The van der Waals surface area contributed by atoms with Crippen LogP contribution in [0.3, 0.4) is 0 Å². The number of aromatic nitrogens is 3. The third-order valence-electron chi connectivity index (χ3n) is 3.87. The summed E-state index contributed by atoms with van der Waals surface area (Å²) in [6.07, 6.45) is 3.00. The summed E-state index contributed by atoms with van der Waals surface area (Å²) >= 11 is 0. The van der Waals surface area contributed by atoms with Gasteiger partial charge < -0.3 is 5.11 Å². The molecule has 0 spiro atoms. The highest BCUT2D eigenvalue weighted by Gasteiger charge is 2.12. The van der Waals surface area contributed by atoms with Crippen molar-refractivity contribution in [3.63, 3.8) is 0 Å². The van der Waals surface area contributed by atoms with E-state index in [9.17, 15) is 8.42 Å². The van der Waals surface area contributed by atoms with Crippen LogP contribution in [0.25, 0.3) is 22.2 Å². The van der Waals surface area contributed by atoms with Crippen molar-refractivity contribution in [2.45, 2.75) is 20.4 Å². The monoisotopic (exact) mass is 360 g/mol. The lowest BCUT2D eigenvalue weighted by molar-refractivity contribution is 0.269. The first kappa shape index (κ1) is 17.4. The average Bonchev–Trinajstić information content (AvgIpc) is 2.87. The minimum absolute atomic E-state index is 0.0286. The quantitative estimate of drug-likeness (QED) is 0.726. The van der Waals surface area contributed by atoms with Gasteiger partial charge in [0.15, 0.2) is 0 Å². The van der Waals surface area contributed by atoms with Gasteiger partial charge in [0.25, 0.3) is 0 Å². The molecule has 0 aliphatic heterocycles. The molecule has 0 radical (unpaired) electrons. The van der Waals surface area contributed by atoms with E-state index in [1.54, 1.807) is 22.9 Å². The first-order valence-electron chi connectivity index (χ1n) is 7.81. The maximum atomic E-state index is 11.4. The maximum absolute atomic E-state index is 11.4. The Morgan fingerprint density at radius 3 is 2.68 bits per heavy atom. The number of nitrogens with zero attached hydrogens (tertiary/aromatic N) is 3. The number of nitrogens with one attached hydrogen (secondary N) is 1. The van der Waals surface area contributed by atoms with Gasteiger partial charge in [0.05, 0.1) is 36.3 Å². The molecule has 3 rings (SSSR count). The van der Waals surface area contributed by atoms with Crippen molar-refractivity contribution in [1.29, 1.82) is 0 Å². The van der Waals surface area contributed by atoms with Crippen LogP contribution >= 0.6 is 0 Å². The summed E-state index contributed by atoms with van der Waals surface area (Å²) in [4.78, 5) is 4.69. The fourth-order valence-electron chi connectivity index (χ4n) is 2.80. The fourth-order valence-corrected chi connectivity index (χ4v) is 3.35. The minimum atomic E-state index is -3.32. The molecule has 1 aromatic carbocycles. The van der Waals surface area contributed by atoms with Crippen molar-refractivity contribution in [2.75, 3.05) is 17.6 Å². The summed E-state index contributed by atoms with van der Waals surface area (Å²) < 4.78 is 27.0. The molecular formula is C17H20N4O3S. The van der Waals surface area contributed by atoms with Crippen molar-refractivity contribution in [2.24, 2.45) is 0 Å². The number of sulfonamides is 1. The molecule has 0 aliphatic carbocycles. The minimum Gasteiger partial charge on any atom is -0.394 e. The molecular weight excluding hydrogens is 340 g/mol. The van der Waals surface area contributed by atoms with Crippen LogP contribution in [-0.4, -0.2) is 41.2 Å². The number of aryl methyl sites for hydroxylation is 2. The van der Waals surface area contributed by atoms with Gasteiger partial charge in [0.2, 0.25) is 10.0 Å². The van der Waals surface area contributed by atoms with E-state index in [1.165, 1.54) is 0 Å². The highest BCUT2D eigenvalue weighted by atomic mass is 32.2. The van der Waals surface area contributed by atoms with E-state index in [0.717, 1.165) is 39.7 Å². The van der Waals surface area contributed by atoms with Gasteiger partial charge in [-0.05, 0) is 43.7 Å². The number of aliphatic hydroxyl groups is 1. The standard InChI is InChI=1S/C17H20N4O3S/c1-11-8-17(15-10-21(6-7-22)19-12(15)2)18-16-5-4-13(9-14(11)16)20-25(3,23)24/h4-5,8-10,20,22H,6-7H2,1-3H3. The van der Waals surface area contributed by atoms with Crippen molar-refractivity contribution in [3.8, 4) is 11.3 Å². The first-order chi connectivity index (χ1) is 11.8. The molecule has 0 amide bonds. The summed E-state index contributed by atoms with van der Waals surface area (Å²) in [6, 6.07) is 7.23. The zero-order chi connectivity index (χ0) is 18.2. The van der Waals surface area contributed by atoms with Crippen LogP contribution in [0.15, 0.2) is 30.5 Å². The number of pyridine rings is 1. The predicted molar refractivity (Wildman–Crippen MR) is 98.0 cm³/mol. The van der Waals surface area contributed by atoms with E-state index >= 15 is 0 Å². The fraction of sp³-hybridized carbons (Fsp3) is 0.294. The zero-order valence-corrected chi connectivity index (χ0v) is 15.1. The third kappa shape index (κ3) is 3.80.